The number of hydrogen-bond acceptors (Lipinski definition) is 12. The van der Waals surface area contributed by atoms with Gasteiger partial charge < -0.3 is 24.3 Å². The van der Waals surface area contributed by atoms with Gasteiger partial charge in [0, 0.05) is 33.4 Å². The van der Waals surface area contributed by atoms with E-state index in [0.29, 0.717) is 0 Å². The summed E-state index contributed by atoms with van der Waals surface area (Å²) in [5.74, 6) is -2.81. The van der Waals surface area contributed by atoms with Crippen LogP contribution in [0.5, 0.6) is 0 Å². The quantitative estimate of drug-likeness (QED) is 0.0422. The zero-order valence-corrected chi connectivity index (χ0v) is 30.7. The van der Waals surface area contributed by atoms with E-state index in [9.17, 15) is 19.2 Å². The zero-order valence-electron chi connectivity index (χ0n) is 29.1. The van der Waals surface area contributed by atoms with E-state index in [1.807, 2.05) is 0 Å². The third-order valence-electron chi connectivity index (χ3n) is 5.03. The monoisotopic (exact) mass is 689 g/mol. The van der Waals surface area contributed by atoms with Gasteiger partial charge in [0.1, 0.15) is 28.4 Å². The highest BCUT2D eigenvalue weighted by atomic mass is 33.1. The number of carbonyl (C=O) groups is 4. The molecule has 0 aliphatic carbocycles. The third kappa shape index (κ3) is 22.5. The van der Waals surface area contributed by atoms with Gasteiger partial charge in [-0.15, -0.1) is 0 Å². The van der Waals surface area contributed by atoms with Crippen LogP contribution in [0.15, 0.2) is 10.2 Å². The standard InChI is InChI=1S/C29H51N7O8S2/c1-26(2,3)41-22(37)14-18(23(38)42-27(4,5)6)13-19(16-32-35-30)45-46-20(17-33-36-31)15-21(24(39)43-28(7,8)9)34-25(40)44-29(10,11)12/h18-21H,13-17H2,1-12H3,(H,34,40)/t18-,19?,20?,21+/m1/s1. The van der Waals surface area contributed by atoms with E-state index in [1.165, 1.54) is 21.6 Å². The van der Waals surface area contributed by atoms with Crippen molar-refractivity contribution in [3.05, 3.63) is 20.9 Å². The predicted molar refractivity (Wildman–Crippen MR) is 179 cm³/mol. The molecule has 46 heavy (non-hydrogen) atoms. The van der Waals surface area contributed by atoms with Gasteiger partial charge in [0.15, 0.2) is 0 Å². The van der Waals surface area contributed by atoms with Crippen LogP contribution in [-0.4, -0.2) is 76.0 Å². The molecule has 262 valence electrons. The number of hydrogen-bond donors (Lipinski definition) is 1. The van der Waals surface area contributed by atoms with Crippen molar-refractivity contribution >= 4 is 45.6 Å². The normalized spacial score (nSPS) is 14.7. The van der Waals surface area contributed by atoms with Crippen LogP contribution in [-0.2, 0) is 33.3 Å². The van der Waals surface area contributed by atoms with Crippen molar-refractivity contribution in [3.8, 4) is 0 Å². The second-order valence-corrected chi connectivity index (χ2v) is 17.4. The summed E-state index contributed by atoms with van der Waals surface area (Å²) >= 11 is 0. The zero-order chi connectivity index (χ0) is 35.9. The Labute approximate surface area is 280 Å². The number of ether oxygens (including phenoxy) is 4. The molecule has 0 aliphatic rings. The number of esters is 3. The highest BCUT2D eigenvalue weighted by Crippen LogP contribution is 2.38. The van der Waals surface area contributed by atoms with Crippen molar-refractivity contribution in [2.45, 2.75) is 141 Å². The van der Waals surface area contributed by atoms with Crippen molar-refractivity contribution in [2.24, 2.45) is 16.1 Å². The fourth-order valence-corrected chi connectivity index (χ4v) is 6.48. The molecule has 0 spiro atoms. The minimum atomic E-state index is -1.15. The van der Waals surface area contributed by atoms with E-state index < -0.39 is 68.9 Å². The molecule has 0 radical (unpaired) electrons. The Morgan fingerprint density at radius 3 is 1.48 bits per heavy atom. The molecule has 0 fully saturated rings. The van der Waals surface area contributed by atoms with Gasteiger partial charge in [-0.2, -0.15) is 0 Å². The Morgan fingerprint density at radius 1 is 0.652 bits per heavy atom. The maximum absolute atomic E-state index is 13.2. The average molecular weight is 690 g/mol. The van der Waals surface area contributed by atoms with Gasteiger partial charge >= 0.3 is 24.0 Å². The summed E-state index contributed by atoms with van der Waals surface area (Å²) in [7, 11) is 2.45. The van der Waals surface area contributed by atoms with E-state index in [2.05, 4.69) is 25.4 Å². The maximum Gasteiger partial charge on any atom is 0.408 e. The minimum absolute atomic E-state index is 0.00746. The molecule has 2 unspecified atom stereocenters. The first-order chi connectivity index (χ1) is 20.8. The number of rotatable bonds is 16. The summed E-state index contributed by atoms with van der Waals surface area (Å²) < 4.78 is 21.9. The molecule has 17 heteroatoms. The minimum Gasteiger partial charge on any atom is -0.460 e. The van der Waals surface area contributed by atoms with E-state index in [4.69, 9.17) is 30.0 Å². The number of amides is 1. The molecule has 15 nitrogen and oxygen atoms in total. The molecule has 0 bridgehead atoms. The maximum atomic E-state index is 13.2. The molecule has 1 N–H and O–H groups in total. The second kappa shape index (κ2) is 19.0. The molecule has 0 heterocycles. The molecule has 0 saturated heterocycles. The van der Waals surface area contributed by atoms with E-state index in [0.717, 1.165) is 0 Å². The molecular formula is C29H51N7O8S2. The molecule has 0 saturated carbocycles. The molecule has 0 aliphatic heterocycles. The van der Waals surface area contributed by atoms with E-state index in [-0.39, 0.29) is 32.4 Å². The van der Waals surface area contributed by atoms with Gasteiger partial charge in [-0.1, -0.05) is 31.8 Å². The summed E-state index contributed by atoms with van der Waals surface area (Å²) in [5.41, 5.74) is 14.8. The number of nitrogens with one attached hydrogen (secondary N) is 1. The molecule has 0 aromatic heterocycles. The van der Waals surface area contributed by atoms with Crippen LogP contribution in [0.1, 0.15) is 102 Å². The number of carbonyl (C=O) groups excluding carboxylic acids is 4. The number of nitrogens with zero attached hydrogens (tertiary/aromatic N) is 6. The number of azide groups is 2. The fraction of sp³-hybridized carbons (Fsp3) is 0.862. The fourth-order valence-electron chi connectivity index (χ4n) is 3.55. The van der Waals surface area contributed by atoms with Gasteiger partial charge in [-0.05, 0) is 107 Å². The van der Waals surface area contributed by atoms with Crippen LogP contribution >= 0.6 is 21.6 Å². The lowest BCUT2D eigenvalue weighted by Gasteiger charge is -2.29. The second-order valence-electron chi connectivity index (χ2n) is 14.5. The Kier molecular flexibility index (Phi) is 17.7. The molecule has 1 amide bonds. The van der Waals surface area contributed by atoms with Gasteiger partial charge in [0.2, 0.25) is 0 Å². The van der Waals surface area contributed by atoms with Gasteiger partial charge in [-0.25, -0.2) is 9.59 Å². The highest BCUT2D eigenvalue weighted by molar-refractivity contribution is 8.77. The molecule has 0 aromatic rings. The third-order valence-corrected chi connectivity index (χ3v) is 8.33. The van der Waals surface area contributed by atoms with Gasteiger partial charge in [-0.3, -0.25) is 9.59 Å². The lowest BCUT2D eigenvalue weighted by molar-refractivity contribution is -0.167. The lowest BCUT2D eigenvalue weighted by atomic mass is 9.98. The van der Waals surface area contributed by atoms with E-state index in [1.54, 1.807) is 83.1 Å². The van der Waals surface area contributed by atoms with Crippen LogP contribution in [0, 0.1) is 5.92 Å². The predicted octanol–water partition coefficient (Wildman–Crippen LogP) is 7.43. The first-order valence-electron chi connectivity index (χ1n) is 14.8. The molecule has 0 rings (SSSR count). The topological polar surface area (TPSA) is 215 Å². The molecule has 4 atom stereocenters. The average Bonchev–Trinajstić information content (AvgIpc) is 2.82. The van der Waals surface area contributed by atoms with Crippen molar-refractivity contribution < 1.29 is 38.1 Å². The van der Waals surface area contributed by atoms with Crippen LogP contribution < -0.4 is 5.32 Å². The summed E-state index contributed by atoms with van der Waals surface area (Å²) in [5, 5.41) is 8.87. The first kappa shape index (κ1) is 43.0. The van der Waals surface area contributed by atoms with Crippen molar-refractivity contribution in [1.29, 1.82) is 0 Å². The van der Waals surface area contributed by atoms with Crippen LogP contribution in [0.25, 0.3) is 20.9 Å². The lowest BCUT2D eigenvalue weighted by Crippen LogP contribution is -2.47. The van der Waals surface area contributed by atoms with Crippen LogP contribution in [0.4, 0.5) is 4.79 Å². The van der Waals surface area contributed by atoms with Gasteiger partial charge in [0.05, 0.1) is 12.3 Å². The highest BCUT2D eigenvalue weighted by Gasteiger charge is 2.34. The largest absolute Gasteiger partial charge is 0.460 e. The van der Waals surface area contributed by atoms with Crippen molar-refractivity contribution in [2.75, 3.05) is 13.1 Å². The molecule has 0 aromatic carbocycles. The van der Waals surface area contributed by atoms with E-state index >= 15 is 0 Å². The Hall–Kier alpha value is -3.00. The van der Waals surface area contributed by atoms with Crippen molar-refractivity contribution in [3.63, 3.8) is 0 Å². The van der Waals surface area contributed by atoms with Gasteiger partial charge in [0.25, 0.3) is 0 Å². The van der Waals surface area contributed by atoms with Crippen molar-refractivity contribution in [1.82, 2.24) is 5.32 Å². The molecular weight excluding hydrogens is 638 g/mol. The SMILES string of the molecule is CC(C)(C)OC(=O)C[C@@H](CC(CN=[N+]=[N-])SSC(CN=[N+]=[N-])C[C@H](NC(=O)OC(C)(C)C)C(=O)OC(C)(C)C)C(=O)OC(C)(C)C. The summed E-state index contributed by atoms with van der Waals surface area (Å²) in [6.07, 6.45) is -1.00. The van der Waals surface area contributed by atoms with Crippen LogP contribution in [0.2, 0.25) is 0 Å². The summed E-state index contributed by atoms with van der Waals surface area (Å²) in [4.78, 5) is 57.3. The van der Waals surface area contributed by atoms with Crippen LogP contribution in [0.3, 0.4) is 0 Å². The Morgan fingerprint density at radius 2 is 1.07 bits per heavy atom. The Bertz CT molecular complexity index is 1040. The Balaban J connectivity index is 6.19. The summed E-state index contributed by atoms with van der Waals surface area (Å²) in [6, 6.07) is -1.15. The smallest absolute Gasteiger partial charge is 0.408 e. The first-order valence-corrected chi connectivity index (χ1v) is 17.1. The summed E-state index contributed by atoms with van der Waals surface area (Å²) in [6.45, 7) is 20.3. The number of alkyl carbamates (subject to hydrolysis) is 1.